The van der Waals surface area contributed by atoms with Gasteiger partial charge in [0.15, 0.2) is 0 Å². The molecule has 1 amide bonds. The van der Waals surface area contributed by atoms with Crippen LogP contribution in [0.4, 0.5) is 0 Å². The van der Waals surface area contributed by atoms with Crippen molar-refractivity contribution >= 4 is 18.5 Å². The Labute approximate surface area is 112 Å². The van der Waals surface area contributed by atoms with Gasteiger partial charge in [-0.25, -0.2) is 0 Å². The smallest absolute Gasteiger partial charge is 0.224 e. The van der Waals surface area contributed by atoms with Crippen molar-refractivity contribution in [2.24, 2.45) is 0 Å². The van der Waals surface area contributed by atoms with Gasteiger partial charge in [0.1, 0.15) is 0 Å². The van der Waals surface area contributed by atoms with Gasteiger partial charge in [-0.1, -0.05) is 18.2 Å². The van der Waals surface area contributed by atoms with Crippen LogP contribution in [0, 0.1) is 0 Å². The molecule has 0 aliphatic rings. The molecule has 1 aromatic carbocycles. The summed E-state index contributed by atoms with van der Waals surface area (Å²) in [5.74, 6) is 0.00534. The number of nitrogens with one attached hydrogen (secondary N) is 1. The Hall–Kier alpha value is -1.81. The molecule has 0 atom stereocenters. The van der Waals surface area contributed by atoms with Gasteiger partial charge in [0.2, 0.25) is 5.91 Å². The highest BCUT2D eigenvalue weighted by molar-refractivity contribution is 7.80. The number of aromatic nitrogens is 1. The van der Waals surface area contributed by atoms with E-state index >= 15 is 0 Å². The molecule has 0 aliphatic heterocycles. The number of thiol groups is 1. The zero-order valence-electron chi connectivity index (χ0n) is 9.84. The summed E-state index contributed by atoms with van der Waals surface area (Å²) in [6, 6.07) is 11.4. The minimum Gasteiger partial charge on any atom is -0.352 e. The first-order valence-corrected chi connectivity index (χ1v) is 6.12. The van der Waals surface area contributed by atoms with Crippen LogP contribution in [0.2, 0.25) is 0 Å². The predicted molar refractivity (Wildman–Crippen MR) is 73.5 cm³/mol. The number of hydrogen-bond donors (Lipinski definition) is 2. The lowest BCUT2D eigenvalue weighted by Gasteiger charge is -2.05. The zero-order chi connectivity index (χ0) is 12.8. The molecule has 0 saturated carbocycles. The Morgan fingerprint density at radius 1 is 1.17 bits per heavy atom. The van der Waals surface area contributed by atoms with Crippen LogP contribution >= 0.6 is 12.6 Å². The molecule has 0 radical (unpaired) electrons. The summed E-state index contributed by atoms with van der Waals surface area (Å²) in [4.78, 5) is 16.6. The maximum atomic E-state index is 11.7. The third kappa shape index (κ3) is 3.89. The number of carbonyl (C=O) groups excluding carboxylic acids is 1. The Morgan fingerprint density at radius 3 is 2.61 bits per heavy atom. The van der Waals surface area contributed by atoms with Gasteiger partial charge < -0.3 is 5.32 Å². The van der Waals surface area contributed by atoms with Crippen molar-refractivity contribution in [3.63, 3.8) is 0 Å². The molecule has 0 spiro atoms. The number of amides is 1. The van der Waals surface area contributed by atoms with Crippen molar-refractivity contribution in [3.8, 4) is 0 Å². The highest BCUT2D eigenvalue weighted by Gasteiger charge is 2.03. The Kier molecular flexibility index (Phi) is 4.36. The van der Waals surface area contributed by atoms with Gasteiger partial charge in [0.25, 0.3) is 0 Å². The van der Waals surface area contributed by atoms with E-state index in [1.807, 2.05) is 36.4 Å². The first-order valence-electron chi connectivity index (χ1n) is 5.67. The molecule has 2 aromatic rings. The monoisotopic (exact) mass is 258 g/mol. The van der Waals surface area contributed by atoms with E-state index in [0.717, 1.165) is 16.0 Å². The fourth-order valence-corrected chi connectivity index (χ4v) is 1.71. The normalized spacial score (nSPS) is 10.1. The maximum absolute atomic E-state index is 11.7. The van der Waals surface area contributed by atoms with E-state index in [1.165, 1.54) is 0 Å². The number of carbonyl (C=O) groups is 1. The summed E-state index contributed by atoms with van der Waals surface area (Å²) in [6.45, 7) is 0.511. The van der Waals surface area contributed by atoms with Gasteiger partial charge in [-0.2, -0.15) is 0 Å². The lowest BCUT2D eigenvalue weighted by Crippen LogP contribution is -2.24. The largest absolute Gasteiger partial charge is 0.352 e. The molecule has 3 nitrogen and oxygen atoms in total. The number of pyridine rings is 1. The van der Waals surface area contributed by atoms with Crippen molar-refractivity contribution in [1.82, 2.24) is 10.3 Å². The third-order valence-corrected chi connectivity index (χ3v) is 2.81. The van der Waals surface area contributed by atoms with Crippen molar-refractivity contribution in [3.05, 3.63) is 59.9 Å². The second-order valence-corrected chi connectivity index (χ2v) is 4.50. The molecule has 0 saturated heterocycles. The van der Waals surface area contributed by atoms with E-state index < -0.39 is 0 Å². The van der Waals surface area contributed by atoms with Crippen molar-refractivity contribution in [2.75, 3.05) is 0 Å². The second kappa shape index (κ2) is 6.21. The number of rotatable bonds is 4. The number of benzene rings is 1. The Morgan fingerprint density at radius 2 is 1.94 bits per heavy atom. The van der Waals surface area contributed by atoms with Crippen LogP contribution < -0.4 is 5.32 Å². The van der Waals surface area contributed by atoms with Gasteiger partial charge in [-0.15, -0.1) is 12.6 Å². The van der Waals surface area contributed by atoms with Gasteiger partial charge in [-0.3, -0.25) is 9.78 Å². The third-order valence-electron chi connectivity index (χ3n) is 2.51. The number of nitrogens with zero attached hydrogens (tertiary/aromatic N) is 1. The highest BCUT2D eigenvalue weighted by atomic mass is 32.1. The SMILES string of the molecule is O=C(Cc1ccc(S)cc1)NCc1cccnc1. The average Bonchev–Trinajstić information content (AvgIpc) is 2.40. The standard InChI is InChI=1S/C14H14N2OS/c17-14(8-11-3-5-13(18)6-4-11)16-10-12-2-1-7-15-9-12/h1-7,9,18H,8,10H2,(H,16,17). The molecular weight excluding hydrogens is 244 g/mol. The summed E-state index contributed by atoms with van der Waals surface area (Å²) in [5, 5.41) is 2.86. The van der Waals surface area contributed by atoms with Crippen molar-refractivity contribution in [1.29, 1.82) is 0 Å². The first-order chi connectivity index (χ1) is 8.74. The molecule has 4 heteroatoms. The first kappa shape index (κ1) is 12.6. The van der Waals surface area contributed by atoms with Gasteiger partial charge in [0.05, 0.1) is 6.42 Å². The van der Waals surface area contributed by atoms with Crippen molar-refractivity contribution in [2.45, 2.75) is 17.9 Å². The lowest BCUT2D eigenvalue weighted by atomic mass is 10.1. The summed E-state index contributed by atoms with van der Waals surface area (Å²) in [6.07, 6.45) is 3.84. The average molecular weight is 258 g/mol. The van der Waals surface area contributed by atoms with Crippen LogP contribution in [0.25, 0.3) is 0 Å². The summed E-state index contributed by atoms with van der Waals surface area (Å²) >= 11 is 4.20. The molecular formula is C14H14N2OS. The van der Waals surface area contributed by atoms with E-state index in [4.69, 9.17) is 0 Å². The molecule has 0 bridgehead atoms. The zero-order valence-corrected chi connectivity index (χ0v) is 10.7. The number of hydrogen-bond acceptors (Lipinski definition) is 3. The summed E-state index contributed by atoms with van der Waals surface area (Å²) < 4.78 is 0. The van der Waals surface area contributed by atoms with E-state index in [2.05, 4.69) is 22.9 Å². The minimum atomic E-state index is 0.00534. The van der Waals surface area contributed by atoms with Crippen LogP contribution in [0.1, 0.15) is 11.1 Å². The Balaban J connectivity index is 1.84. The van der Waals surface area contributed by atoms with E-state index in [-0.39, 0.29) is 5.91 Å². The van der Waals surface area contributed by atoms with Gasteiger partial charge in [-0.05, 0) is 29.3 Å². The maximum Gasteiger partial charge on any atom is 0.224 e. The summed E-state index contributed by atoms with van der Waals surface area (Å²) in [5.41, 5.74) is 1.98. The molecule has 1 N–H and O–H groups in total. The van der Waals surface area contributed by atoms with Crippen LogP contribution in [0.15, 0.2) is 53.7 Å². The van der Waals surface area contributed by atoms with Gasteiger partial charge >= 0.3 is 0 Å². The second-order valence-electron chi connectivity index (χ2n) is 3.98. The topological polar surface area (TPSA) is 42.0 Å². The fraction of sp³-hybridized carbons (Fsp3) is 0.143. The van der Waals surface area contributed by atoms with Crippen molar-refractivity contribution < 1.29 is 4.79 Å². The lowest BCUT2D eigenvalue weighted by molar-refractivity contribution is -0.120. The minimum absolute atomic E-state index is 0.00534. The molecule has 18 heavy (non-hydrogen) atoms. The van der Waals surface area contributed by atoms with Crippen LogP contribution in [-0.4, -0.2) is 10.9 Å². The van der Waals surface area contributed by atoms with Crippen LogP contribution in [0.5, 0.6) is 0 Å². The predicted octanol–water partition coefficient (Wildman–Crippen LogP) is 2.23. The molecule has 0 aliphatic carbocycles. The molecule has 1 heterocycles. The fourth-order valence-electron chi connectivity index (χ4n) is 1.57. The van der Waals surface area contributed by atoms with E-state index in [9.17, 15) is 4.79 Å². The van der Waals surface area contributed by atoms with E-state index in [0.29, 0.717) is 13.0 Å². The molecule has 92 valence electrons. The van der Waals surface area contributed by atoms with Gasteiger partial charge in [0, 0.05) is 23.8 Å². The van der Waals surface area contributed by atoms with Crippen LogP contribution in [0.3, 0.4) is 0 Å². The van der Waals surface area contributed by atoms with Crippen LogP contribution in [-0.2, 0) is 17.8 Å². The molecule has 1 aromatic heterocycles. The quantitative estimate of drug-likeness (QED) is 0.826. The molecule has 2 rings (SSSR count). The molecule has 0 fully saturated rings. The summed E-state index contributed by atoms with van der Waals surface area (Å²) in [7, 11) is 0. The van der Waals surface area contributed by atoms with E-state index in [1.54, 1.807) is 12.4 Å². The highest BCUT2D eigenvalue weighted by Crippen LogP contribution is 2.08. The Bertz CT molecular complexity index is 511. The molecule has 0 unspecified atom stereocenters.